The number of nitrogens with zero attached hydrogens (tertiary/aromatic N) is 3. The second kappa shape index (κ2) is 6.24. The molecule has 0 saturated heterocycles. The van der Waals surface area contributed by atoms with Crippen molar-refractivity contribution < 1.29 is 14.6 Å². The maximum Gasteiger partial charge on any atom is 0.358 e. The monoisotopic (exact) mass is 279 g/mol. The first-order valence-corrected chi connectivity index (χ1v) is 6.82. The normalized spacial score (nSPS) is 10.4. The molecule has 0 bridgehead atoms. The van der Waals surface area contributed by atoms with Gasteiger partial charge >= 0.3 is 5.97 Å². The van der Waals surface area contributed by atoms with Crippen molar-refractivity contribution in [3.8, 4) is 5.75 Å². The smallest absolute Gasteiger partial charge is 0.358 e. The number of hydrogen-bond donors (Lipinski definition) is 1. The zero-order valence-corrected chi connectivity index (χ0v) is 11.1. The van der Waals surface area contributed by atoms with Crippen LogP contribution in [0.2, 0.25) is 0 Å². The Morgan fingerprint density at radius 3 is 2.95 bits per heavy atom. The second-order valence-corrected chi connectivity index (χ2v) is 4.52. The quantitative estimate of drug-likeness (QED) is 0.812. The Labute approximate surface area is 114 Å². The SMILES string of the molecule is CSc1ccccc1OCCn1cc(C(=O)O)nn1. The first-order chi connectivity index (χ1) is 9.20. The molecule has 1 heterocycles. The van der Waals surface area contributed by atoms with Crippen LogP contribution in [0.15, 0.2) is 35.4 Å². The van der Waals surface area contributed by atoms with Gasteiger partial charge in [-0.1, -0.05) is 17.3 Å². The lowest BCUT2D eigenvalue weighted by Gasteiger charge is -2.09. The number of aromatic carboxylic acids is 1. The fourth-order valence-corrected chi connectivity index (χ4v) is 2.04. The lowest BCUT2D eigenvalue weighted by molar-refractivity contribution is 0.0690. The molecule has 0 fully saturated rings. The summed E-state index contributed by atoms with van der Waals surface area (Å²) in [4.78, 5) is 11.7. The third kappa shape index (κ3) is 3.47. The summed E-state index contributed by atoms with van der Waals surface area (Å²) in [5, 5.41) is 16.0. The maximum absolute atomic E-state index is 10.6. The molecule has 1 N–H and O–H groups in total. The van der Waals surface area contributed by atoms with Crippen LogP contribution in [0.4, 0.5) is 0 Å². The molecule has 2 rings (SSSR count). The fraction of sp³-hybridized carbons (Fsp3) is 0.250. The van der Waals surface area contributed by atoms with Gasteiger partial charge in [-0.25, -0.2) is 9.48 Å². The van der Waals surface area contributed by atoms with Gasteiger partial charge in [-0.2, -0.15) is 0 Å². The highest BCUT2D eigenvalue weighted by atomic mass is 32.2. The molecule has 1 aromatic carbocycles. The molecule has 6 nitrogen and oxygen atoms in total. The van der Waals surface area contributed by atoms with Gasteiger partial charge in [0.05, 0.1) is 12.7 Å². The summed E-state index contributed by atoms with van der Waals surface area (Å²) in [6.07, 6.45) is 3.37. The molecule has 0 amide bonds. The molecule has 0 saturated carbocycles. The molecule has 0 unspecified atom stereocenters. The number of rotatable bonds is 6. The number of carboxylic acid groups (broad SMARTS) is 1. The van der Waals surface area contributed by atoms with Crippen LogP contribution in [0.1, 0.15) is 10.5 Å². The zero-order chi connectivity index (χ0) is 13.7. The molecule has 0 aliphatic carbocycles. The molecule has 0 spiro atoms. The van der Waals surface area contributed by atoms with Crippen LogP contribution in [-0.2, 0) is 6.54 Å². The summed E-state index contributed by atoms with van der Waals surface area (Å²) in [5.41, 5.74) is -0.0653. The second-order valence-electron chi connectivity index (χ2n) is 3.67. The van der Waals surface area contributed by atoms with Gasteiger partial charge in [0.25, 0.3) is 0 Å². The fourth-order valence-electron chi connectivity index (χ4n) is 1.49. The molecular weight excluding hydrogens is 266 g/mol. The molecule has 1 aromatic heterocycles. The van der Waals surface area contributed by atoms with E-state index < -0.39 is 5.97 Å². The van der Waals surface area contributed by atoms with E-state index in [9.17, 15) is 4.79 Å². The van der Waals surface area contributed by atoms with Crippen LogP contribution in [0.3, 0.4) is 0 Å². The first kappa shape index (κ1) is 13.4. The minimum atomic E-state index is -1.08. The van der Waals surface area contributed by atoms with Gasteiger partial charge in [-0.15, -0.1) is 16.9 Å². The average Bonchev–Trinajstić information content (AvgIpc) is 2.88. The van der Waals surface area contributed by atoms with Gasteiger partial charge in [-0.3, -0.25) is 0 Å². The minimum Gasteiger partial charge on any atom is -0.490 e. The minimum absolute atomic E-state index is 0.0653. The van der Waals surface area contributed by atoms with E-state index in [4.69, 9.17) is 9.84 Å². The van der Waals surface area contributed by atoms with E-state index in [-0.39, 0.29) is 5.69 Å². The number of ether oxygens (including phenoxy) is 1. The summed E-state index contributed by atoms with van der Waals surface area (Å²) in [6.45, 7) is 0.850. The van der Waals surface area contributed by atoms with Crippen molar-refractivity contribution in [2.75, 3.05) is 12.9 Å². The lowest BCUT2D eigenvalue weighted by Crippen LogP contribution is -2.09. The Balaban J connectivity index is 1.90. The third-order valence-electron chi connectivity index (χ3n) is 2.40. The standard InChI is InChI=1S/C12H13N3O3S/c1-19-11-5-3-2-4-10(11)18-7-6-15-8-9(12(16)17)13-14-15/h2-5,8H,6-7H2,1H3,(H,16,17). The highest BCUT2D eigenvalue weighted by Gasteiger charge is 2.08. The average molecular weight is 279 g/mol. The Bertz CT molecular complexity index is 571. The van der Waals surface area contributed by atoms with E-state index in [2.05, 4.69) is 10.3 Å². The highest BCUT2D eigenvalue weighted by molar-refractivity contribution is 7.98. The maximum atomic E-state index is 10.6. The summed E-state index contributed by atoms with van der Waals surface area (Å²) in [6, 6.07) is 7.75. The van der Waals surface area contributed by atoms with Gasteiger partial charge in [0, 0.05) is 4.90 Å². The van der Waals surface area contributed by atoms with Crippen LogP contribution in [-0.4, -0.2) is 38.9 Å². The summed E-state index contributed by atoms with van der Waals surface area (Å²) >= 11 is 1.61. The molecule has 0 aliphatic heterocycles. The van der Waals surface area contributed by atoms with Gasteiger partial charge in [-0.05, 0) is 18.4 Å². The van der Waals surface area contributed by atoms with E-state index in [1.165, 1.54) is 10.9 Å². The van der Waals surface area contributed by atoms with Crippen LogP contribution in [0.25, 0.3) is 0 Å². The van der Waals surface area contributed by atoms with Crippen LogP contribution in [0.5, 0.6) is 5.75 Å². The Hall–Kier alpha value is -2.02. The number of aromatic nitrogens is 3. The van der Waals surface area contributed by atoms with Crippen molar-refractivity contribution in [2.45, 2.75) is 11.4 Å². The Kier molecular flexibility index (Phi) is 4.40. The summed E-state index contributed by atoms with van der Waals surface area (Å²) < 4.78 is 7.09. The molecule has 2 aromatic rings. The zero-order valence-electron chi connectivity index (χ0n) is 10.3. The van der Waals surface area contributed by atoms with Gasteiger partial charge in [0.15, 0.2) is 5.69 Å². The van der Waals surface area contributed by atoms with E-state index in [1.54, 1.807) is 11.8 Å². The van der Waals surface area contributed by atoms with Crippen molar-refractivity contribution in [1.82, 2.24) is 15.0 Å². The molecule has 7 heteroatoms. The van der Waals surface area contributed by atoms with Crippen molar-refractivity contribution in [3.63, 3.8) is 0 Å². The van der Waals surface area contributed by atoms with E-state index >= 15 is 0 Å². The number of carbonyl (C=O) groups is 1. The van der Waals surface area contributed by atoms with Crippen molar-refractivity contribution in [3.05, 3.63) is 36.2 Å². The predicted molar refractivity (Wildman–Crippen MR) is 70.7 cm³/mol. The number of thioether (sulfide) groups is 1. The van der Waals surface area contributed by atoms with Crippen molar-refractivity contribution >= 4 is 17.7 Å². The first-order valence-electron chi connectivity index (χ1n) is 5.60. The van der Waals surface area contributed by atoms with E-state index in [1.807, 2.05) is 30.5 Å². The molecular formula is C12H13N3O3S. The van der Waals surface area contributed by atoms with Crippen molar-refractivity contribution in [1.29, 1.82) is 0 Å². The van der Waals surface area contributed by atoms with E-state index in [0.717, 1.165) is 10.6 Å². The summed E-state index contributed by atoms with van der Waals surface area (Å²) in [5.74, 6) is -0.270. The largest absolute Gasteiger partial charge is 0.490 e. The predicted octanol–water partition coefficient (Wildman–Crippen LogP) is 1.78. The highest BCUT2D eigenvalue weighted by Crippen LogP contribution is 2.26. The number of hydrogen-bond acceptors (Lipinski definition) is 5. The topological polar surface area (TPSA) is 77.2 Å². The van der Waals surface area contributed by atoms with Crippen LogP contribution < -0.4 is 4.74 Å². The molecule has 0 atom stereocenters. The van der Waals surface area contributed by atoms with Gasteiger partial charge in [0.2, 0.25) is 0 Å². The number of carboxylic acids is 1. The Morgan fingerprint density at radius 1 is 1.47 bits per heavy atom. The lowest BCUT2D eigenvalue weighted by atomic mass is 10.3. The van der Waals surface area contributed by atoms with Gasteiger partial charge in [0.1, 0.15) is 12.4 Å². The molecule has 0 aliphatic rings. The van der Waals surface area contributed by atoms with Crippen molar-refractivity contribution in [2.24, 2.45) is 0 Å². The van der Waals surface area contributed by atoms with Crippen LogP contribution >= 0.6 is 11.8 Å². The number of benzene rings is 1. The van der Waals surface area contributed by atoms with E-state index in [0.29, 0.717) is 13.2 Å². The number of para-hydroxylation sites is 1. The molecule has 19 heavy (non-hydrogen) atoms. The molecule has 100 valence electrons. The summed E-state index contributed by atoms with van der Waals surface area (Å²) in [7, 11) is 0. The van der Waals surface area contributed by atoms with Crippen LogP contribution in [0, 0.1) is 0 Å². The third-order valence-corrected chi connectivity index (χ3v) is 3.18. The Morgan fingerprint density at radius 2 is 2.26 bits per heavy atom. The molecule has 0 radical (unpaired) electrons. The van der Waals surface area contributed by atoms with Gasteiger partial charge < -0.3 is 9.84 Å².